The minimum atomic E-state index is 0.151. The molecule has 3 nitrogen and oxygen atoms in total. The van der Waals surface area contributed by atoms with E-state index in [2.05, 4.69) is 23.2 Å². The molecule has 0 amide bonds. The van der Waals surface area contributed by atoms with Crippen molar-refractivity contribution in [1.82, 2.24) is 5.32 Å². The lowest BCUT2D eigenvalue weighted by Gasteiger charge is -2.32. The van der Waals surface area contributed by atoms with Gasteiger partial charge >= 0.3 is 0 Å². The van der Waals surface area contributed by atoms with Gasteiger partial charge in [0.15, 0.2) is 0 Å². The van der Waals surface area contributed by atoms with E-state index < -0.39 is 0 Å². The van der Waals surface area contributed by atoms with Gasteiger partial charge in [0.1, 0.15) is 11.8 Å². The summed E-state index contributed by atoms with van der Waals surface area (Å²) in [6.07, 6.45) is 9.80. The predicted molar refractivity (Wildman–Crippen MR) is 69.5 cm³/mol. The molecular formula is C14H20N2O. The molecule has 0 aromatic heterocycles. The van der Waals surface area contributed by atoms with E-state index in [1.54, 1.807) is 6.20 Å². The van der Waals surface area contributed by atoms with Crippen LogP contribution in [-0.2, 0) is 4.79 Å². The molecule has 1 atom stereocenters. The van der Waals surface area contributed by atoms with Gasteiger partial charge < -0.3 is 5.32 Å². The fourth-order valence-electron chi connectivity index (χ4n) is 2.91. The van der Waals surface area contributed by atoms with E-state index >= 15 is 0 Å². The third-order valence-electron chi connectivity index (χ3n) is 3.69. The molecule has 17 heavy (non-hydrogen) atoms. The van der Waals surface area contributed by atoms with Crippen LogP contribution in [0.4, 0.5) is 0 Å². The van der Waals surface area contributed by atoms with Gasteiger partial charge in [0, 0.05) is 18.3 Å². The number of amidine groups is 1. The normalized spacial score (nSPS) is 25.4. The third-order valence-corrected chi connectivity index (χ3v) is 3.69. The quantitative estimate of drug-likeness (QED) is 0.743. The Kier molecular flexibility index (Phi) is 4.16. The van der Waals surface area contributed by atoms with Crippen molar-refractivity contribution < 1.29 is 4.79 Å². The van der Waals surface area contributed by atoms with Crippen LogP contribution in [0.3, 0.4) is 0 Å². The van der Waals surface area contributed by atoms with Crippen molar-refractivity contribution in [2.75, 3.05) is 6.54 Å². The minimum absolute atomic E-state index is 0.151. The van der Waals surface area contributed by atoms with Crippen LogP contribution in [-0.4, -0.2) is 18.3 Å². The first-order valence-electron chi connectivity index (χ1n) is 6.60. The van der Waals surface area contributed by atoms with Crippen molar-refractivity contribution in [3.63, 3.8) is 0 Å². The second kappa shape index (κ2) is 5.83. The highest BCUT2D eigenvalue weighted by Crippen LogP contribution is 2.35. The van der Waals surface area contributed by atoms with Gasteiger partial charge in [0.2, 0.25) is 0 Å². The Bertz CT molecular complexity index is 372. The van der Waals surface area contributed by atoms with E-state index in [1.165, 1.54) is 32.1 Å². The predicted octanol–water partition coefficient (Wildman–Crippen LogP) is 2.48. The molecule has 1 fully saturated rings. The summed E-state index contributed by atoms with van der Waals surface area (Å²) >= 11 is 0. The number of aliphatic imine (C=N–C) groups is 1. The maximum atomic E-state index is 11.1. The van der Waals surface area contributed by atoms with Crippen molar-refractivity contribution in [1.29, 1.82) is 0 Å². The molecule has 0 aromatic rings. The Labute approximate surface area is 103 Å². The Balaban J connectivity index is 2.21. The second-order valence-electron chi connectivity index (χ2n) is 4.79. The van der Waals surface area contributed by atoms with Crippen molar-refractivity contribution in [3.8, 4) is 0 Å². The SMILES string of the molecule is CCNC1=NC=CC(=C=O)C1C1CCCCC1. The number of nitrogens with zero attached hydrogens (tertiary/aromatic N) is 1. The molecule has 0 radical (unpaired) electrons. The fraction of sp³-hybridized carbons (Fsp3) is 0.643. The highest BCUT2D eigenvalue weighted by molar-refractivity contribution is 5.92. The summed E-state index contributed by atoms with van der Waals surface area (Å²) in [5.41, 5.74) is 0.767. The molecule has 1 unspecified atom stereocenters. The summed E-state index contributed by atoms with van der Waals surface area (Å²) < 4.78 is 0. The standard InChI is InChI=1S/C14H20N2O/c1-2-15-14-13(11-6-4-3-5-7-11)12(10-17)8-9-16-14/h8-9,11,13H,2-7H2,1H3,(H,15,16). The molecule has 1 aliphatic carbocycles. The highest BCUT2D eigenvalue weighted by Gasteiger charge is 2.31. The fourth-order valence-corrected chi connectivity index (χ4v) is 2.91. The van der Waals surface area contributed by atoms with Gasteiger partial charge in [0.05, 0.1) is 5.92 Å². The summed E-state index contributed by atoms with van der Waals surface area (Å²) in [7, 11) is 0. The lowest BCUT2D eigenvalue weighted by atomic mass is 9.75. The number of hydrogen-bond donors (Lipinski definition) is 1. The summed E-state index contributed by atoms with van der Waals surface area (Å²) in [6.45, 7) is 2.91. The summed E-state index contributed by atoms with van der Waals surface area (Å²) in [5, 5.41) is 3.30. The number of allylic oxidation sites excluding steroid dienone is 1. The average Bonchev–Trinajstić information content (AvgIpc) is 2.40. The van der Waals surface area contributed by atoms with Crippen LogP contribution < -0.4 is 5.32 Å². The smallest absolute Gasteiger partial charge is 0.128 e. The summed E-state index contributed by atoms with van der Waals surface area (Å²) in [5.74, 6) is 3.77. The molecule has 1 saturated carbocycles. The van der Waals surface area contributed by atoms with Crippen LogP contribution in [0.1, 0.15) is 39.0 Å². The van der Waals surface area contributed by atoms with Crippen LogP contribution in [0.15, 0.2) is 22.8 Å². The third kappa shape index (κ3) is 2.67. The van der Waals surface area contributed by atoms with Crippen molar-refractivity contribution in [3.05, 3.63) is 17.8 Å². The van der Waals surface area contributed by atoms with Crippen molar-refractivity contribution in [2.45, 2.75) is 39.0 Å². The van der Waals surface area contributed by atoms with Gasteiger partial charge in [0.25, 0.3) is 0 Å². The highest BCUT2D eigenvalue weighted by atomic mass is 16.1. The zero-order valence-corrected chi connectivity index (χ0v) is 10.4. The van der Waals surface area contributed by atoms with Crippen molar-refractivity contribution in [2.24, 2.45) is 16.8 Å². The molecule has 1 heterocycles. The maximum absolute atomic E-state index is 11.1. The Hall–Kier alpha value is -1.34. The number of rotatable bonds is 2. The molecule has 0 spiro atoms. The van der Waals surface area contributed by atoms with Gasteiger partial charge in [-0.15, -0.1) is 0 Å². The van der Waals surface area contributed by atoms with Crippen LogP contribution >= 0.6 is 0 Å². The summed E-state index contributed by atoms with van der Waals surface area (Å²) in [6, 6.07) is 0. The van der Waals surface area contributed by atoms with E-state index in [0.717, 1.165) is 18.0 Å². The maximum Gasteiger partial charge on any atom is 0.128 e. The molecule has 0 aromatic carbocycles. The van der Waals surface area contributed by atoms with Gasteiger partial charge in [-0.25, -0.2) is 9.79 Å². The molecule has 2 aliphatic rings. The lowest BCUT2D eigenvalue weighted by molar-refractivity contribution is 0.320. The molecule has 1 N–H and O–H groups in total. The van der Waals surface area contributed by atoms with Crippen molar-refractivity contribution >= 4 is 11.8 Å². The number of carbonyl (C=O) groups excluding carboxylic acids is 1. The van der Waals surface area contributed by atoms with Gasteiger partial charge in [-0.1, -0.05) is 19.3 Å². The molecule has 0 saturated heterocycles. The molecule has 92 valence electrons. The molecular weight excluding hydrogens is 212 g/mol. The largest absolute Gasteiger partial charge is 0.373 e. The molecule has 2 rings (SSSR count). The van der Waals surface area contributed by atoms with E-state index in [4.69, 9.17) is 0 Å². The first-order valence-corrected chi connectivity index (χ1v) is 6.60. The first kappa shape index (κ1) is 12.1. The van der Waals surface area contributed by atoms with Crippen LogP contribution in [0.25, 0.3) is 0 Å². The number of nitrogens with one attached hydrogen (secondary N) is 1. The second-order valence-corrected chi connectivity index (χ2v) is 4.79. The van der Waals surface area contributed by atoms with E-state index in [0.29, 0.717) is 5.92 Å². The van der Waals surface area contributed by atoms with E-state index in [-0.39, 0.29) is 5.92 Å². The summed E-state index contributed by atoms with van der Waals surface area (Å²) in [4.78, 5) is 15.5. The van der Waals surface area contributed by atoms with Crippen LogP contribution in [0.5, 0.6) is 0 Å². The Morgan fingerprint density at radius 1 is 1.41 bits per heavy atom. The minimum Gasteiger partial charge on any atom is -0.373 e. The van der Waals surface area contributed by atoms with Crippen LogP contribution in [0, 0.1) is 11.8 Å². The lowest BCUT2D eigenvalue weighted by Crippen LogP contribution is -2.38. The zero-order chi connectivity index (χ0) is 12.1. The molecule has 1 aliphatic heterocycles. The molecule has 3 heteroatoms. The Morgan fingerprint density at radius 2 is 2.18 bits per heavy atom. The number of hydrogen-bond acceptors (Lipinski definition) is 3. The van der Waals surface area contributed by atoms with Gasteiger partial charge in [-0.2, -0.15) is 0 Å². The topological polar surface area (TPSA) is 41.5 Å². The first-order chi connectivity index (χ1) is 8.36. The van der Waals surface area contributed by atoms with Crippen LogP contribution in [0.2, 0.25) is 0 Å². The monoisotopic (exact) mass is 232 g/mol. The van der Waals surface area contributed by atoms with E-state index in [9.17, 15) is 4.79 Å². The van der Waals surface area contributed by atoms with E-state index in [1.807, 2.05) is 6.08 Å². The zero-order valence-electron chi connectivity index (χ0n) is 10.4. The van der Waals surface area contributed by atoms with Gasteiger partial charge in [-0.05, 0) is 31.8 Å². The van der Waals surface area contributed by atoms with Gasteiger partial charge in [-0.3, -0.25) is 0 Å². The Morgan fingerprint density at radius 3 is 2.82 bits per heavy atom. The average molecular weight is 232 g/mol. The molecule has 0 bridgehead atoms.